The lowest BCUT2D eigenvalue weighted by molar-refractivity contribution is -0.139. The number of hydrogen-bond donors (Lipinski definition) is 1. The average Bonchev–Trinajstić information content (AvgIpc) is 1.65. The summed E-state index contributed by atoms with van der Waals surface area (Å²) in [7, 11) is 0. The second kappa shape index (κ2) is 2.39. The Balaban J connectivity index is 3.55. The van der Waals surface area contributed by atoms with Crippen LogP contribution in [-0.4, -0.2) is 11.1 Å². The third-order valence-electron chi connectivity index (χ3n) is 0.743. The molecule has 0 saturated carbocycles. The topological polar surface area (TPSA) is 37.3 Å². The minimum atomic E-state index is -0.824. The fourth-order valence-electron chi connectivity index (χ4n) is 0.101. The lowest BCUT2D eigenvalue weighted by Gasteiger charge is -1.92. The monoisotopic (exact) mass is 100 g/mol. The van der Waals surface area contributed by atoms with Crippen LogP contribution in [0.2, 0.25) is 0 Å². The molecule has 0 aromatic rings. The predicted octanol–water partition coefficient (Wildman–Crippen LogP) is 0.893. The van der Waals surface area contributed by atoms with Gasteiger partial charge < -0.3 is 5.11 Å². The van der Waals surface area contributed by atoms with Crippen LogP contribution in [0.25, 0.3) is 0 Å². The van der Waals surface area contributed by atoms with Gasteiger partial charge in [-0.2, -0.15) is 0 Å². The van der Waals surface area contributed by atoms with Crippen LogP contribution in [-0.2, 0) is 4.79 Å². The first kappa shape index (κ1) is 6.21. The zero-order chi connectivity index (χ0) is 5.86. The van der Waals surface area contributed by atoms with Crippen LogP contribution in [0, 0.1) is 5.92 Å². The summed E-state index contributed by atoms with van der Waals surface area (Å²) in [6, 6.07) is 0. The normalized spacial score (nSPS) is 12.7. The second-order valence-electron chi connectivity index (χ2n) is 1.36. The van der Waals surface area contributed by atoms with Gasteiger partial charge in [0.2, 0.25) is 0 Å². The van der Waals surface area contributed by atoms with E-state index >= 15 is 0 Å². The summed E-state index contributed by atoms with van der Waals surface area (Å²) in [6.07, 6.45) is 1.39. The van der Waals surface area contributed by atoms with E-state index in [-0.39, 0.29) is 0 Å². The summed E-state index contributed by atoms with van der Waals surface area (Å²) in [5.74, 6) is -1.24. The Morgan fingerprint density at radius 2 is 2.43 bits per heavy atom. The molecule has 2 heteroatoms. The van der Waals surface area contributed by atoms with Gasteiger partial charge >= 0.3 is 5.97 Å². The highest BCUT2D eigenvalue weighted by Gasteiger charge is 2.02. The largest absolute Gasteiger partial charge is 0.481 e. The summed E-state index contributed by atoms with van der Waals surface area (Å²) < 4.78 is 0. The quantitative estimate of drug-likeness (QED) is 0.523. The molecule has 0 aromatic carbocycles. The van der Waals surface area contributed by atoms with Crippen LogP contribution in [0.15, 0.2) is 12.7 Å². The molecule has 7 heavy (non-hydrogen) atoms. The summed E-state index contributed by atoms with van der Waals surface area (Å²) in [6.45, 7) is 4.88. The molecule has 0 amide bonds. The lowest BCUT2D eigenvalue weighted by Crippen LogP contribution is -2.04. The molecule has 0 bridgehead atoms. The number of carbonyl (C=O) groups is 1. The number of aliphatic carboxylic acids is 1. The Labute approximate surface area is 42.5 Å². The molecule has 0 heterocycles. The molecule has 0 fully saturated rings. The van der Waals surface area contributed by atoms with Gasteiger partial charge in [0.25, 0.3) is 0 Å². The molecule has 0 aliphatic heterocycles. The molecule has 0 spiro atoms. The molecular formula is C5H8O2. The van der Waals surface area contributed by atoms with E-state index in [0.29, 0.717) is 0 Å². The number of carboxylic acids is 1. The number of rotatable bonds is 2. The van der Waals surface area contributed by atoms with Gasteiger partial charge in [-0.05, 0) is 6.92 Å². The molecule has 0 radical (unpaired) electrons. The first-order valence-corrected chi connectivity index (χ1v) is 2.04. The van der Waals surface area contributed by atoms with Crippen LogP contribution in [0.3, 0.4) is 0 Å². The first-order chi connectivity index (χ1) is 3.18. The third kappa shape index (κ3) is 1.98. The molecule has 1 unspecified atom stereocenters. The van der Waals surface area contributed by atoms with Crippen molar-refractivity contribution in [2.45, 2.75) is 6.92 Å². The van der Waals surface area contributed by atoms with E-state index in [1.165, 1.54) is 6.08 Å². The highest BCUT2D eigenvalue weighted by molar-refractivity contribution is 5.71. The van der Waals surface area contributed by atoms with Crippen molar-refractivity contribution >= 4 is 5.97 Å². The van der Waals surface area contributed by atoms with E-state index in [1.807, 2.05) is 0 Å². The Kier molecular flexibility index (Phi) is 2.12. The van der Waals surface area contributed by atoms with Crippen molar-refractivity contribution in [2.24, 2.45) is 5.92 Å². The third-order valence-corrected chi connectivity index (χ3v) is 0.743. The summed E-state index contributed by atoms with van der Waals surface area (Å²) in [4.78, 5) is 9.86. The Morgan fingerprint density at radius 3 is 2.43 bits per heavy atom. The van der Waals surface area contributed by atoms with Gasteiger partial charge in [-0.1, -0.05) is 6.08 Å². The van der Waals surface area contributed by atoms with E-state index in [2.05, 4.69) is 6.58 Å². The van der Waals surface area contributed by atoms with E-state index in [9.17, 15) is 4.79 Å². The van der Waals surface area contributed by atoms with Gasteiger partial charge in [0.15, 0.2) is 0 Å². The van der Waals surface area contributed by atoms with Gasteiger partial charge in [0.05, 0.1) is 5.92 Å². The molecule has 1 N–H and O–H groups in total. The van der Waals surface area contributed by atoms with Gasteiger partial charge in [-0.3, -0.25) is 4.79 Å². The SMILES string of the molecule is C=CC(C)C(=O)O. The minimum Gasteiger partial charge on any atom is -0.481 e. The lowest BCUT2D eigenvalue weighted by atomic mass is 10.2. The van der Waals surface area contributed by atoms with Crippen LogP contribution in [0.1, 0.15) is 6.92 Å². The summed E-state index contributed by atoms with van der Waals surface area (Å²) in [5.41, 5.74) is 0. The first-order valence-electron chi connectivity index (χ1n) is 2.04. The Bertz CT molecular complexity index is 86.1. The van der Waals surface area contributed by atoms with E-state index in [4.69, 9.17) is 5.11 Å². The maximum absolute atomic E-state index is 9.86. The smallest absolute Gasteiger partial charge is 0.310 e. The highest BCUT2D eigenvalue weighted by Crippen LogP contribution is 1.92. The zero-order valence-corrected chi connectivity index (χ0v) is 4.22. The van der Waals surface area contributed by atoms with Crippen LogP contribution < -0.4 is 0 Å². The predicted molar refractivity (Wildman–Crippen MR) is 27.0 cm³/mol. The van der Waals surface area contributed by atoms with Crippen molar-refractivity contribution in [3.05, 3.63) is 12.7 Å². The fraction of sp³-hybridized carbons (Fsp3) is 0.400. The molecule has 0 aromatic heterocycles. The van der Waals surface area contributed by atoms with E-state index in [0.717, 1.165) is 0 Å². The standard InChI is InChI=1S/C5H8O2/c1-3-4(2)5(6)7/h3-4H,1H2,2H3,(H,6,7). The van der Waals surface area contributed by atoms with Crippen molar-refractivity contribution in [3.63, 3.8) is 0 Å². The summed E-state index contributed by atoms with van der Waals surface area (Å²) in [5, 5.41) is 8.11. The molecule has 1 atom stereocenters. The van der Waals surface area contributed by atoms with Crippen molar-refractivity contribution in [3.8, 4) is 0 Å². The van der Waals surface area contributed by atoms with Crippen LogP contribution in [0.4, 0.5) is 0 Å². The Hall–Kier alpha value is -0.790. The van der Waals surface area contributed by atoms with Crippen molar-refractivity contribution in [1.82, 2.24) is 0 Å². The van der Waals surface area contributed by atoms with E-state index in [1.54, 1.807) is 6.92 Å². The van der Waals surface area contributed by atoms with E-state index < -0.39 is 11.9 Å². The van der Waals surface area contributed by atoms with Crippen LogP contribution in [0.5, 0.6) is 0 Å². The average molecular weight is 100 g/mol. The fourth-order valence-corrected chi connectivity index (χ4v) is 0.101. The maximum atomic E-state index is 9.86. The van der Waals surface area contributed by atoms with Crippen LogP contribution >= 0.6 is 0 Å². The van der Waals surface area contributed by atoms with Crippen molar-refractivity contribution in [1.29, 1.82) is 0 Å². The van der Waals surface area contributed by atoms with Crippen molar-refractivity contribution < 1.29 is 9.90 Å². The van der Waals surface area contributed by atoms with Crippen molar-refractivity contribution in [2.75, 3.05) is 0 Å². The second-order valence-corrected chi connectivity index (χ2v) is 1.36. The molecule has 2 nitrogen and oxygen atoms in total. The van der Waals surface area contributed by atoms with Gasteiger partial charge in [0, 0.05) is 0 Å². The Morgan fingerprint density at radius 1 is 2.00 bits per heavy atom. The minimum absolute atomic E-state index is 0.417. The maximum Gasteiger partial charge on any atom is 0.310 e. The molecular weight excluding hydrogens is 92.1 g/mol. The summed E-state index contributed by atoms with van der Waals surface area (Å²) >= 11 is 0. The van der Waals surface area contributed by atoms with Gasteiger partial charge in [-0.15, -0.1) is 6.58 Å². The highest BCUT2D eigenvalue weighted by atomic mass is 16.4. The molecule has 40 valence electrons. The number of hydrogen-bond acceptors (Lipinski definition) is 1. The zero-order valence-electron chi connectivity index (χ0n) is 4.22. The molecule has 0 saturated heterocycles. The van der Waals surface area contributed by atoms with Gasteiger partial charge in [0.1, 0.15) is 0 Å². The molecule has 0 aliphatic rings. The molecule has 0 rings (SSSR count). The number of carboxylic acid groups (broad SMARTS) is 1. The van der Waals surface area contributed by atoms with Gasteiger partial charge in [-0.25, -0.2) is 0 Å². The molecule has 0 aliphatic carbocycles.